The van der Waals surface area contributed by atoms with Gasteiger partial charge in [0.2, 0.25) is 6.41 Å². The Labute approximate surface area is 156 Å². The van der Waals surface area contributed by atoms with Gasteiger partial charge in [-0.2, -0.15) is 0 Å². The predicted octanol–water partition coefficient (Wildman–Crippen LogP) is -0.799. The molecule has 3 atom stereocenters. The van der Waals surface area contributed by atoms with Crippen LogP contribution in [0.4, 0.5) is 4.39 Å². The van der Waals surface area contributed by atoms with Crippen LogP contribution in [0.15, 0.2) is 11.9 Å². The lowest BCUT2D eigenvalue weighted by atomic mass is 10.2. The Morgan fingerprint density at radius 3 is 2.48 bits per heavy atom. The van der Waals surface area contributed by atoms with Crippen molar-refractivity contribution in [2.45, 2.75) is 38.8 Å². The molecule has 10 nitrogen and oxygen atoms in total. The van der Waals surface area contributed by atoms with E-state index in [2.05, 4.69) is 10.6 Å². The average Bonchev–Trinajstić information content (AvgIpc) is 2.99. The largest absolute Gasteiger partial charge is 0.464 e. The summed E-state index contributed by atoms with van der Waals surface area (Å²) in [6.45, 7) is 2.43. The van der Waals surface area contributed by atoms with Crippen LogP contribution in [0.25, 0.3) is 0 Å². The molecule has 1 fully saturated rings. The van der Waals surface area contributed by atoms with Gasteiger partial charge in [0, 0.05) is 40.1 Å². The van der Waals surface area contributed by atoms with Gasteiger partial charge in [0.25, 0.3) is 5.91 Å². The fourth-order valence-electron chi connectivity index (χ4n) is 2.29. The molecule has 2 amide bonds. The number of carbonyl (C=O) groups excluding carboxylic acids is 4. The summed E-state index contributed by atoms with van der Waals surface area (Å²) in [5.74, 6) is -1.56. The first-order valence-electron chi connectivity index (χ1n) is 8.25. The number of amides is 2. The minimum Gasteiger partial charge on any atom is -0.464 e. The highest BCUT2D eigenvalue weighted by atomic mass is 19.1. The highest BCUT2D eigenvalue weighted by molar-refractivity contribution is 5.92. The number of esters is 2. The van der Waals surface area contributed by atoms with Crippen molar-refractivity contribution in [1.82, 2.24) is 15.5 Å². The number of rotatable bonds is 10. The summed E-state index contributed by atoms with van der Waals surface area (Å²) in [6, 6.07) is 0. The molecule has 1 saturated heterocycles. The van der Waals surface area contributed by atoms with Crippen molar-refractivity contribution in [3.05, 3.63) is 11.9 Å². The van der Waals surface area contributed by atoms with Gasteiger partial charge in [-0.05, 0) is 0 Å². The number of halogens is 1. The van der Waals surface area contributed by atoms with Crippen LogP contribution >= 0.6 is 0 Å². The molecule has 1 aliphatic rings. The first kappa shape index (κ1) is 22.4. The zero-order chi connectivity index (χ0) is 20.4. The molecule has 0 aromatic rings. The number of nitrogens with zero attached hydrogens (tertiary/aromatic N) is 1. The van der Waals surface area contributed by atoms with Crippen LogP contribution in [0, 0.1) is 0 Å². The number of ether oxygens (including phenoxy) is 3. The molecular formula is C16H24FN3O7. The first-order chi connectivity index (χ1) is 12.8. The van der Waals surface area contributed by atoms with Crippen molar-refractivity contribution < 1.29 is 37.8 Å². The molecule has 3 unspecified atom stereocenters. The maximum Gasteiger partial charge on any atom is 0.302 e. The topological polar surface area (TPSA) is 123 Å². The second-order valence-electron chi connectivity index (χ2n) is 5.64. The van der Waals surface area contributed by atoms with E-state index in [1.807, 2.05) is 0 Å². The molecule has 0 aromatic carbocycles. The molecule has 2 N–H and O–H groups in total. The normalized spacial score (nSPS) is 21.9. The molecule has 11 heteroatoms. The third-order valence-corrected chi connectivity index (χ3v) is 3.49. The highest BCUT2D eigenvalue weighted by Gasteiger charge is 2.39. The van der Waals surface area contributed by atoms with Gasteiger partial charge < -0.3 is 24.8 Å². The van der Waals surface area contributed by atoms with Gasteiger partial charge in [0.05, 0.1) is 6.10 Å². The molecular weight excluding hydrogens is 365 g/mol. The Morgan fingerprint density at radius 2 is 1.93 bits per heavy atom. The van der Waals surface area contributed by atoms with Crippen molar-refractivity contribution >= 4 is 24.3 Å². The molecule has 0 saturated carbocycles. The Morgan fingerprint density at radius 1 is 1.26 bits per heavy atom. The number of likely N-dealkylation sites (N-methyl/N-ethyl adjacent to an activating group) is 1. The minimum atomic E-state index is -1.53. The van der Waals surface area contributed by atoms with E-state index in [1.54, 1.807) is 0 Å². The summed E-state index contributed by atoms with van der Waals surface area (Å²) in [7, 11) is 1.38. The quantitative estimate of drug-likeness (QED) is 0.215. The van der Waals surface area contributed by atoms with E-state index in [-0.39, 0.29) is 31.9 Å². The van der Waals surface area contributed by atoms with Crippen LogP contribution in [-0.2, 0) is 33.4 Å². The van der Waals surface area contributed by atoms with E-state index >= 15 is 0 Å². The Balaban J connectivity index is 2.78. The Hall–Kier alpha value is -2.69. The second-order valence-corrected chi connectivity index (χ2v) is 5.64. The summed E-state index contributed by atoms with van der Waals surface area (Å²) in [4.78, 5) is 45.8. The molecule has 152 valence electrons. The van der Waals surface area contributed by atoms with Crippen molar-refractivity contribution in [2.75, 3.05) is 26.8 Å². The van der Waals surface area contributed by atoms with Crippen LogP contribution in [0.5, 0.6) is 0 Å². The van der Waals surface area contributed by atoms with Gasteiger partial charge in [0.15, 0.2) is 6.23 Å². The molecule has 0 radical (unpaired) electrons. The van der Waals surface area contributed by atoms with Crippen molar-refractivity contribution in [3.63, 3.8) is 0 Å². The molecule has 0 aromatic heterocycles. The number of hydrogen-bond acceptors (Lipinski definition) is 8. The Bertz CT molecular complexity index is 584. The van der Waals surface area contributed by atoms with E-state index < -0.39 is 36.3 Å². The molecule has 0 spiro atoms. The van der Waals surface area contributed by atoms with E-state index in [4.69, 9.17) is 14.2 Å². The fraction of sp³-hybridized carbons (Fsp3) is 0.625. The first-order valence-corrected chi connectivity index (χ1v) is 8.25. The van der Waals surface area contributed by atoms with Gasteiger partial charge in [-0.25, -0.2) is 4.39 Å². The van der Waals surface area contributed by atoms with Crippen LogP contribution in [0.3, 0.4) is 0 Å². The second kappa shape index (κ2) is 11.1. The highest BCUT2D eigenvalue weighted by Crippen LogP contribution is 2.26. The predicted molar refractivity (Wildman–Crippen MR) is 89.5 cm³/mol. The lowest BCUT2D eigenvalue weighted by Crippen LogP contribution is -2.39. The summed E-state index contributed by atoms with van der Waals surface area (Å²) >= 11 is 0. The zero-order valence-corrected chi connectivity index (χ0v) is 15.4. The van der Waals surface area contributed by atoms with Gasteiger partial charge in [0.1, 0.15) is 25.1 Å². The maximum absolute atomic E-state index is 14.3. The summed E-state index contributed by atoms with van der Waals surface area (Å²) in [5.41, 5.74) is -0.0454. The molecule has 1 heterocycles. The smallest absolute Gasteiger partial charge is 0.302 e. The average molecular weight is 389 g/mol. The number of alkyl halides is 1. The van der Waals surface area contributed by atoms with Crippen LogP contribution < -0.4 is 10.6 Å². The van der Waals surface area contributed by atoms with Crippen LogP contribution in [-0.4, -0.2) is 74.5 Å². The van der Waals surface area contributed by atoms with E-state index in [0.717, 1.165) is 11.1 Å². The third kappa shape index (κ3) is 7.60. The molecule has 0 aliphatic carbocycles. The number of carbonyl (C=O) groups is 4. The number of nitrogens with one attached hydrogen (secondary N) is 2. The lowest BCUT2D eigenvalue weighted by molar-refractivity contribution is -0.148. The standard InChI is InChI=1S/C16H24FN3O7/c1-10(22)25-5-4-19-14(15(24)18-3)7-20(9-21)16-13(17)6-12(27-16)8-26-11(2)23/h7,9,12-13,16,19H,4-6,8H2,1-3H3,(H,18,24)/b14-7+. The fourth-order valence-corrected chi connectivity index (χ4v) is 2.29. The van der Waals surface area contributed by atoms with Crippen molar-refractivity contribution in [1.29, 1.82) is 0 Å². The van der Waals surface area contributed by atoms with Crippen molar-refractivity contribution in [2.24, 2.45) is 0 Å². The molecule has 0 bridgehead atoms. The Kier molecular flexibility index (Phi) is 9.20. The molecule has 27 heavy (non-hydrogen) atoms. The minimum absolute atomic E-state index is 0.000874. The van der Waals surface area contributed by atoms with Crippen LogP contribution in [0.2, 0.25) is 0 Å². The third-order valence-electron chi connectivity index (χ3n) is 3.49. The van der Waals surface area contributed by atoms with E-state index in [0.29, 0.717) is 6.41 Å². The maximum atomic E-state index is 14.3. The van der Waals surface area contributed by atoms with Gasteiger partial charge >= 0.3 is 11.9 Å². The van der Waals surface area contributed by atoms with Gasteiger partial charge in [-0.3, -0.25) is 24.1 Å². The van der Waals surface area contributed by atoms with E-state index in [9.17, 15) is 23.6 Å². The van der Waals surface area contributed by atoms with Gasteiger partial charge in [-0.1, -0.05) is 0 Å². The lowest BCUT2D eigenvalue weighted by Gasteiger charge is -2.24. The molecule has 1 rings (SSSR count). The summed E-state index contributed by atoms with van der Waals surface area (Å²) < 4.78 is 29.2. The van der Waals surface area contributed by atoms with Crippen LogP contribution in [0.1, 0.15) is 20.3 Å². The summed E-state index contributed by atoms with van der Waals surface area (Å²) in [5, 5.41) is 5.08. The number of hydrogen-bond donors (Lipinski definition) is 2. The molecule has 1 aliphatic heterocycles. The zero-order valence-electron chi connectivity index (χ0n) is 15.4. The van der Waals surface area contributed by atoms with Gasteiger partial charge in [-0.15, -0.1) is 0 Å². The summed E-state index contributed by atoms with van der Waals surface area (Å²) in [6.07, 6.45) is -2.14. The monoisotopic (exact) mass is 389 g/mol. The van der Waals surface area contributed by atoms with Crippen molar-refractivity contribution in [3.8, 4) is 0 Å². The van der Waals surface area contributed by atoms with E-state index in [1.165, 1.54) is 20.9 Å². The SMILES string of the molecule is CNC(=O)/C(=C\N(C=O)C1OC(COC(C)=O)CC1F)NCCOC(C)=O.